The van der Waals surface area contributed by atoms with Crippen LogP contribution in [0.25, 0.3) is 0 Å². The SMILES string of the molecule is CC(C)Cn1cc(NC(=O)CCC2CCNCC2)cn1. The first-order valence-corrected chi connectivity index (χ1v) is 7.66. The summed E-state index contributed by atoms with van der Waals surface area (Å²) in [5.41, 5.74) is 0.806. The third kappa shape index (κ3) is 4.96. The number of nitrogens with zero attached hydrogens (tertiary/aromatic N) is 2. The minimum absolute atomic E-state index is 0.104. The van der Waals surface area contributed by atoms with Gasteiger partial charge >= 0.3 is 0 Å². The molecule has 0 bridgehead atoms. The van der Waals surface area contributed by atoms with Gasteiger partial charge in [0.15, 0.2) is 0 Å². The highest BCUT2D eigenvalue weighted by Crippen LogP contribution is 2.18. The fraction of sp³-hybridized carbons (Fsp3) is 0.733. The van der Waals surface area contributed by atoms with E-state index in [1.807, 2.05) is 10.9 Å². The van der Waals surface area contributed by atoms with Crippen LogP contribution in [0.5, 0.6) is 0 Å². The van der Waals surface area contributed by atoms with Crippen LogP contribution in [0, 0.1) is 11.8 Å². The fourth-order valence-corrected chi connectivity index (χ4v) is 2.63. The van der Waals surface area contributed by atoms with Crippen LogP contribution >= 0.6 is 0 Å². The van der Waals surface area contributed by atoms with Gasteiger partial charge in [-0.3, -0.25) is 9.48 Å². The zero-order valence-electron chi connectivity index (χ0n) is 12.6. The van der Waals surface area contributed by atoms with Crippen molar-refractivity contribution >= 4 is 11.6 Å². The van der Waals surface area contributed by atoms with Crippen molar-refractivity contribution in [2.24, 2.45) is 11.8 Å². The lowest BCUT2D eigenvalue weighted by Gasteiger charge is -2.22. The summed E-state index contributed by atoms with van der Waals surface area (Å²) in [6, 6.07) is 0. The largest absolute Gasteiger partial charge is 0.323 e. The van der Waals surface area contributed by atoms with Crippen molar-refractivity contribution in [1.82, 2.24) is 15.1 Å². The summed E-state index contributed by atoms with van der Waals surface area (Å²) < 4.78 is 1.88. The number of nitrogens with one attached hydrogen (secondary N) is 2. The number of anilines is 1. The number of hydrogen-bond acceptors (Lipinski definition) is 3. The van der Waals surface area contributed by atoms with Crippen LogP contribution in [0.2, 0.25) is 0 Å². The molecule has 1 saturated heterocycles. The molecule has 0 radical (unpaired) electrons. The lowest BCUT2D eigenvalue weighted by atomic mass is 9.93. The Bertz CT molecular complexity index is 421. The summed E-state index contributed by atoms with van der Waals surface area (Å²) in [7, 11) is 0. The normalized spacial score (nSPS) is 16.6. The highest BCUT2D eigenvalue weighted by Gasteiger charge is 2.14. The number of piperidine rings is 1. The van der Waals surface area contributed by atoms with Gasteiger partial charge in [0.1, 0.15) is 0 Å². The minimum Gasteiger partial charge on any atom is -0.323 e. The average Bonchev–Trinajstić information content (AvgIpc) is 2.84. The van der Waals surface area contributed by atoms with Gasteiger partial charge < -0.3 is 10.6 Å². The first-order chi connectivity index (χ1) is 9.63. The molecular weight excluding hydrogens is 252 g/mol. The number of rotatable bonds is 6. The molecule has 20 heavy (non-hydrogen) atoms. The van der Waals surface area contributed by atoms with Gasteiger partial charge in [-0.05, 0) is 44.2 Å². The maximum Gasteiger partial charge on any atom is 0.224 e. The molecule has 0 aromatic carbocycles. The molecule has 1 aromatic heterocycles. The van der Waals surface area contributed by atoms with Crippen molar-refractivity contribution < 1.29 is 4.79 Å². The summed E-state index contributed by atoms with van der Waals surface area (Å²) >= 11 is 0. The summed E-state index contributed by atoms with van der Waals surface area (Å²) in [5, 5.41) is 10.5. The standard InChI is InChI=1S/C15H26N4O/c1-12(2)10-19-11-14(9-17-19)18-15(20)4-3-13-5-7-16-8-6-13/h9,11-13,16H,3-8,10H2,1-2H3,(H,18,20). The van der Waals surface area contributed by atoms with Crippen LogP contribution < -0.4 is 10.6 Å². The molecule has 5 heteroatoms. The topological polar surface area (TPSA) is 59.0 Å². The Labute approximate surface area is 121 Å². The van der Waals surface area contributed by atoms with Gasteiger partial charge in [-0.15, -0.1) is 0 Å². The molecule has 5 nitrogen and oxygen atoms in total. The van der Waals surface area contributed by atoms with E-state index < -0.39 is 0 Å². The first-order valence-electron chi connectivity index (χ1n) is 7.66. The predicted molar refractivity (Wildman–Crippen MR) is 80.5 cm³/mol. The maximum absolute atomic E-state index is 11.9. The van der Waals surface area contributed by atoms with E-state index in [1.54, 1.807) is 6.20 Å². The highest BCUT2D eigenvalue weighted by atomic mass is 16.1. The van der Waals surface area contributed by atoms with Crippen molar-refractivity contribution in [3.05, 3.63) is 12.4 Å². The quantitative estimate of drug-likeness (QED) is 0.839. The molecule has 1 fully saturated rings. The van der Waals surface area contributed by atoms with Gasteiger partial charge in [-0.1, -0.05) is 13.8 Å². The summed E-state index contributed by atoms with van der Waals surface area (Å²) in [6.45, 7) is 7.37. The Morgan fingerprint density at radius 3 is 2.95 bits per heavy atom. The molecule has 2 heterocycles. The average molecular weight is 278 g/mol. The molecular formula is C15H26N4O. The monoisotopic (exact) mass is 278 g/mol. The molecule has 1 amide bonds. The van der Waals surface area contributed by atoms with Gasteiger partial charge in [0, 0.05) is 19.2 Å². The Morgan fingerprint density at radius 2 is 2.25 bits per heavy atom. The molecule has 2 N–H and O–H groups in total. The van der Waals surface area contributed by atoms with Gasteiger partial charge in [0.25, 0.3) is 0 Å². The van der Waals surface area contributed by atoms with E-state index in [0.717, 1.165) is 31.7 Å². The molecule has 1 aliphatic rings. The van der Waals surface area contributed by atoms with Crippen LogP contribution in [-0.4, -0.2) is 28.8 Å². The summed E-state index contributed by atoms with van der Waals surface area (Å²) in [4.78, 5) is 11.9. The van der Waals surface area contributed by atoms with Crippen LogP contribution in [0.3, 0.4) is 0 Å². The molecule has 0 unspecified atom stereocenters. The molecule has 2 rings (SSSR count). The van der Waals surface area contributed by atoms with Crippen LogP contribution in [0.1, 0.15) is 39.5 Å². The first kappa shape index (κ1) is 15.0. The molecule has 0 atom stereocenters. The lowest BCUT2D eigenvalue weighted by molar-refractivity contribution is -0.116. The summed E-state index contributed by atoms with van der Waals surface area (Å²) in [6.07, 6.45) is 7.63. The van der Waals surface area contributed by atoms with Crippen LogP contribution in [-0.2, 0) is 11.3 Å². The van der Waals surface area contributed by atoms with E-state index in [0.29, 0.717) is 18.3 Å². The molecule has 1 aromatic rings. The Balaban J connectivity index is 1.72. The van der Waals surface area contributed by atoms with E-state index in [9.17, 15) is 4.79 Å². The predicted octanol–water partition coefficient (Wildman–Crippen LogP) is 2.26. The van der Waals surface area contributed by atoms with Gasteiger partial charge in [-0.2, -0.15) is 5.10 Å². The van der Waals surface area contributed by atoms with E-state index in [4.69, 9.17) is 0 Å². The van der Waals surface area contributed by atoms with E-state index in [-0.39, 0.29) is 5.91 Å². The lowest BCUT2D eigenvalue weighted by Crippen LogP contribution is -2.28. The fourth-order valence-electron chi connectivity index (χ4n) is 2.63. The van der Waals surface area contributed by atoms with Crippen molar-refractivity contribution in [2.45, 2.75) is 46.1 Å². The smallest absolute Gasteiger partial charge is 0.224 e. The van der Waals surface area contributed by atoms with Crippen molar-refractivity contribution in [3.8, 4) is 0 Å². The zero-order chi connectivity index (χ0) is 14.4. The minimum atomic E-state index is 0.104. The van der Waals surface area contributed by atoms with Crippen LogP contribution in [0.4, 0.5) is 5.69 Å². The molecule has 1 aliphatic heterocycles. The number of hydrogen-bond donors (Lipinski definition) is 2. The van der Waals surface area contributed by atoms with Gasteiger partial charge in [-0.25, -0.2) is 0 Å². The second-order valence-electron chi connectivity index (χ2n) is 6.13. The van der Waals surface area contributed by atoms with E-state index >= 15 is 0 Å². The second kappa shape index (κ2) is 7.43. The molecule has 0 saturated carbocycles. The Kier molecular flexibility index (Phi) is 5.59. The van der Waals surface area contributed by atoms with Crippen molar-refractivity contribution in [3.63, 3.8) is 0 Å². The summed E-state index contributed by atoms with van der Waals surface area (Å²) in [5.74, 6) is 1.36. The van der Waals surface area contributed by atoms with E-state index in [1.165, 1.54) is 12.8 Å². The number of amides is 1. The third-order valence-electron chi connectivity index (χ3n) is 3.71. The Morgan fingerprint density at radius 1 is 1.50 bits per heavy atom. The number of carbonyl (C=O) groups is 1. The van der Waals surface area contributed by atoms with E-state index in [2.05, 4.69) is 29.6 Å². The van der Waals surface area contributed by atoms with Gasteiger partial charge in [0.2, 0.25) is 5.91 Å². The van der Waals surface area contributed by atoms with Crippen molar-refractivity contribution in [2.75, 3.05) is 18.4 Å². The third-order valence-corrected chi connectivity index (χ3v) is 3.71. The Hall–Kier alpha value is -1.36. The van der Waals surface area contributed by atoms with Gasteiger partial charge in [0.05, 0.1) is 11.9 Å². The van der Waals surface area contributed by atoms with Crippen molar-refractivity contribution in [1.29, 1.82) is 0 Å². The second-order valence-corrected chi connectivity index (χ2v) is 6.13. The zero-order valence-corrected chi connectivity index (χ0v) is 12.6. The molecule has 0 spiro atoms. The molecule has 112 valence electrons. The maximum atomic E-state index is 11.9. The number of aromatic nitrogens is 2. The van der Waals surface area contributed by atoms with Crippen LogP contribution in [0.15, 0.2) is 12.4 Å². The number of carbonyl (C=O) groups excluding carboxylic acids is 1. The molecule has 0 aliphatic carbocycles. The highest BCUT2D eigenvalue weighted by molar-refractivity contribution is 5.90.